The van der Waals surface area contributed by atoms with Crippen LogP contribution in [0.25, 0.3) is 0 Å². The number of aryl methyl sites for hydroxylation is 1. The van der Waals surface area contributed by atoms with Crippen LogP contribution in [0.5, 0.6) is 0 Å². The molecule has 1 aromatic heterocycles. The quantitative estimate of drug-likeness (QED) is 0.355. The minimum atomic E-state index is -0.646. The van der Waals surface area contributed by atoms with Crippen LogP contribution in [0.3, 0.4) is 0 Å². The zero-order chi connectivity index (χ0) is 26.5. The smallest absolute Gasteiger partial charge is 0.321 e. The maximum Gasteiger partial charge on any atom is 0.321 e. The van der Waals surface area contributed by atoms with Gasteiger partial charge in [0, 0.05) is 25.2 Å². The largest absolute Gasteiger partial charge is 0.394 e. The summed E-state index contributed by atoms with van der Waals surface area (Å²) < 4.78 is 13.3. The monoisotopic (exact) mass is 533 g/mol. The molecule has 5 atom stereocenters. The topological polar surface area (TPSA) is 127 Å². The molecule has 1 aliphatic heterocycles. The predicted octanol–water partition coefficient (Wildman–Crippen LogP) is 2.73. The Labute approximate surface area is 220 Å². The molecular weight excluding hydrogens is 497 g/mol. The van der Waals surface area contributed by atoms with E-state index >= 15 is 0 Å². The Hall–Kier alpha value is -2.60. The van der Waals surface area contributed by atoms with Gasteiger partial charge in [-0.3, -0.25) is 15.0 Å². The second-order valence-electron chi connectivity index (χ2n) is 10.1. The molecule has 2 fully saturated rings. The summed E-state index contributed by atoms with van der Waals surface area (Å²) in [6.07, 6.45) is 3.70. The Kier molecular flexibility index (Phi) is 9.12. The van der Waals surface area contributed by atoms with Crippen LogP contribution >= 0.6 is 11.3 Å². The highest BCUT2D eigenvalue weighted by Gasteiger charge is 2.37. The maximum absolute atomic E-state index is 13.3. The highest BCUT2D eigenvalue weighted by molar-refractivity contribution is 7.16. The summed E-state index contributed by atoms with van der Waals surface area (Å²) in [7, 11) is 0. The molecule has 5 N–H and O–H groups in total. The van der Waals surface area contributed by atoms with Gasteiger partial charge in [0.2, 0.25) is 5.91 Å². The second-order valence-corrected chi connectivity index (χ2v) is 11.1. The number of nitrogens with one attached hydrogen (secondary N) is 3. The number of anilines is 1. The predicted molar refractivity (Wildman–Crippen MR) is 140 cm³/mol. The van der Waals surface area contributed by atoms with E-state index in [0.29, 0.717) is 30.3 Å². The third kappa shape index (κ3) is 7.04. The van der Waals surface area contributed by atoms with E-state index in [0.717, 1.165) is 36.1 Å². The Morgan fingerprint density at radius 2 is 2.03 bits per heavy atom. The summed E-state index contributed by atoms with van der Waals surface area (Å²) in [5.41, 5.74) is 1.62. The van der Waals surface area contributed by atoms with Crippen molar-refractivity contribution in [1.82, 2.24) is 20.5 Å². The van der Waals surface area contributed by atoms with Crippen molar-refractivity contribution in [3.8, 4) is 0 Å². The lowest BCUT2D eigenvalue weighted by Crippen LogP contribution is -2.63. The van der Waals surface area contributed by atoms with Crippen molar-refractivity contribution < 1.29 is 24.2 Å². The van der Waals surface area contributed by atoms with Crippen LogP contribution in [0, 0.1) is 18.7 Å². The van der Waals surface area contributed by atoms with Crippen LogP contribution < -0.4 is 16.0 Å². The fraction of sp³-hybridized carbons (Fsp3) is 0.577. The van der Waals surface area contributed by atoms with Crippen LogP contribution in [0.2, 0.25) is 0 Å². The standard InChI is InChI=1S/C26H36FN5O4S/c1-15-23(16(2)34)37-26(28-15)31-25(36)30-21-6-4-3-5-18(21)12-32-13-20(29-24(35)22(32)14-33)11-17-7-9-19(27)10-8-17/h7-10,16,18,20-22,33-34H,3-6,11-14H2,1-2H3,(H,29,35)(H2,28,30,31,36)/t16?,18-,20-,21+,22-/m0/s1. The van der Waals surface area contributed by atoms with Crippen LogP contribution in [-0.4, -0.2) is 69.9 Å². The zero-order valence-corrected chi connectivity index (χ0v) is 22.1. The minimum Gasteiger partial charge on any atom is -0.394 e. The molecule has 3 amide bonds. The molecule has 1 unspecified atom stereocenters. The highest BCUT2D eigenvalue weighted by Crippen LogP contribution is 2.29. The molecule has 9 nitrogen and oxygen atoms in total. The molecule has 4 rings (SSSR count). The van der Waals surface area contributed by atoms with E-state index in [4.69, 9.17) is 0 Å². The Bertz CT molecular complexity index is 1080. The summed E-state index contributed by atoms with van der Waals surface area (Å²) in [5, 5.41) is 29.1. The van der Waals surface area contributed by atoms with Gasteiger partial charge in [-0.15, -0.1) is 0 Å². The number of amides is 3. The van der Waals surface area contributed by atoms with Gasteiger partial charge in [0.25, 0.3) is 0 Å². The lowest BCUT2D eigenvalue weighted by molar-refractivity contribution is -0.133. The third-order valence-corrected chi connectivity index (χ3v) is 8.48. The summed E-state index contributed by atoms with van der Waals surface area (Å²) in [5.74, 6) is -0.393. The Morgan fingerprint density at radius 3 is 2.70 bits per heavy atom. The number of urea groups is 1. The first-order valence-electron chi connectivity index (χ1n) is 12.9. The molecule has 1 aliphatic carbocycles. The van der Waals surface area contributed by atoms with Gasteiger partial charge in [-0.25, -0.2) is 14.2 Å². The number of carbonyl (C=O) groups is 2. The van der Waals surface area contributed by atoms with Crippen molar-refractivity contribution in [2.24, 2.45) is 5.92 Å². The van der Waals surface area contributed by atoms with Crippen LogP contribution in [-0.2, 0) is 11.2 Å². The average Bonchev–Trinajstić information content (AvgIpc) is 3.21. The van der Waals surface area contributed by atoms with Gasteiger partial charge in [-0.05, 0) is 56.7 Å². The van der Waals surface area contributed by atoms with E-state index in [9.17, 15) is 24.2 Å². The van der Waals surface area contributed by atoms with Crippen molar-refractivity contribution >= 4 is 28.4 Å². The maximum atomic E-state index is 13.3. The molecule has 202 valence electrons. The molecule has 1 saturated heterocycles. The third-order valence-electron chi connectivity index (χ3n) is 7.24. The number of rotatable bonds is 8. The molecule has 37 heavy (non-hydrogen) atoms. The van der Waals surface area contributed by atoms with E-state index in [1.165, 1.54) is 23.5 Å². The molecule has 0 radical (unpaired) electrons. The summed E-state index contributed by atoms with van der Waals surface area (Å²) in [6.45, 7) is 4.32. The number of aromatic nitrogens is 1. The van der Waals surface area contributed by atoms with Gasteiger partial charge >= 0.3 is 6.03 Å². The first kappa shape index (κ1) is 27.4. The molecule has 1 saturated carbocycles. The molecular formula is C26H36FN5O4S. The number of benzene rings is 1. The summed E-state index contributed by atoms with van der Waals surface area (Å²) in [6, 6.07) is 5.05. The minimum absolute atomic E-state index is 0.0778. The molecule has 2 heterocycles. The van der Waals surface area contributed by atoms with E-state index in [-0.39, 0.29) is 42.4 Å². The Morgan fingerprint density at radius 1 is 1.30 bits per heavy atom. The van der Waals surface area contributed by atoms with Crippen molar-refractivity contribution in [3.05, 3.63) is 46.2 Å². The van der Waals surface area contributed by atoms with Crippen molar-refractivity contribution in [2.45, 2.75) is 70.2 Å². The fourth-order valence-electron chi connectivity index (χ4n) is 5.41. The number of thiazole rings is 1. The zero-order valence-electron chi connectivity index (χ0n) is 21.2. The van der Waals surface area contributed by atoms with Gasteiger partial charge in [0.05, 0.1) is 23.3 Å². The normalized spacial score (nSPS) is 25.4. The van der Waals surface area contributed by atoms with Gasteiger partial charge in [-0.1, -0.05) is 36.3 Å². The molecule has 2 aliphatic rings. The first-order chi connectivity index (χ1) is 17.7. The van der Waals surface area contributed by atoms with Gasteiger partial charge in [0.15, 0.2) is 5.13 Å². The number of hydrogen-bond acceptors (Lipinski definition) is 7. The molecule has 2 aromatic rings. The number of piperazine rings is 1. The number of hydrogen-bond donors (Lipinski definition) is 5. The van der Waals surface area contributed by atoms with Crippen molar-refractivity contribution in [1.29, 1.82) is 0 Å². The number of aliphatic hydroxyl groups excluding tert-OH is 2. The average molecular weight is 534 g/mol. The van der Waals surface area contributed by atoms with E-state index < -0.39 is 12.1 Å². The van der Waals surface area contributed by atoms with Gasteiger partial charge in [-0.2, -0.15) is 0 Å². The molecule has 11 heteroatoms. The lowest BCUT2D eigenvalue weighted by atomic mass is 9.83. The van der Waals surface area contributed by atoms with Crippen molar-refractivity contribution in [3.63, 3.8) is 0 Å². The summed E-state index contributed by atoms with van der Waals surface area (Å²) in [4.78, 5) is 32.7. The number of carbonyl (C=O) groups excluding carboxylic acids is 2. The Balaban J connectivity index is 1.39. The molecule has 1 aromatic carbocycles. The SMILES string of the molecule is Cc1nc(NC(=O)N[C@@H]2CCCC[C@H]2CN2C[C@H](Cc3ccc(F)cc3)NC(=O)[C@@H]2CO)sc1C(C)O. The fourth-order valence-corrected chi connectivity index (χ4v) is 6.31. The van der Waals surface area contributed by atoms with Crippen molar-refractivity contribution in [2.75, 3.05) is 25.0 Å². The summed E-state index contributed by atoms with van der Waals surface area (Å²) >= 11 is 1.26. The number of halogens is 1. The van der Waals surface area contributed by atoms with E-state index in [1.54, 1.807) is 26.0 Å². The molecule has 0 bridgehead atoms. The van der Waals surface area contributed by atoms with E-state index in [1.807, 2.05) is 4.90 Å². The van der Waals surface area contributed by atoms with Crippen LogP contribution in [0.15, 0.2) is 24.3 Å². The van der Waals surface area contributed by atoms with Crippen LogP contribution in [0.1, 0.15) is 54.8 Å². The second kappa shape index (κ2) is 12.3. The number of aliphatic hydroxyl groups is 2. The van der Waals surface area contributed by atoms with E-state index in [2.05, 4.69) is 20.9 Å². The highest BCUT2D eigenvalue weighted by atomic mass is 32.1. The van der Waals surface area contributed by atoms with Gasteiger partial charge < -0.3 is 20.8 Å². The van der Waals surface area contributed by atoms with Crippen LogP contribution in [0.4, 0.5) is 14.3 Å². The number of nitrogens with zero attached hydrogens (tertiary/aromatic N) is 2. The first-order valence-corrected chi connectivity index (χ1v) is 13.7. The lowest BCUT2D eigenvalue weighted by Gasteiger charge is -2.42. The molecule has 0 spiro atoms. The van der Waals surface area contributed by atoms with Gasteiger partial charge in [0.1, 0.15) is 11.9 Å².